The van der Waals surface area contributed by atoms with Crippen molar-refractivity contribution in [1.29, 1.82) is 0 Å². The molecule has 2 heterocycles. The smallest absolute Gasteiger partial charge is 0.163 e. The fourth-order valence-electron chi connectivity index (χ4n) is 5.02. The Kier molecular flexibility index (Phi) is 7.30. The van der Waals surface area contributed by atoms with Gasteiger partial charge in [0.15, 0.2) is 17.3 Å². The second-order valence-electron chi connectivity index (χ2n) is 11.4. The molecule has 1 saturated carbocycles. The number of aromatic nitrogens is 1. The average molecular weight is 515 g/mol. The van der Waals surface area contributed by atoms with Crippen LogP contribution in [0.1, 0.15) is 73.1 Å². The number of aliphatic hydroxyl groups is 1. The summed E-state index contributed by atoms with van der Waals surface area (Å²) in [4.78, 5) is 18.1. The van der Waals surface area contributed by atoms with Crippen LogP contribution in [-0.4, -0.2) is 42.2 Å². The molecule has 2 aliphatic rings. The minimum absolute atomic E-state index is 0.0378. The van der Waals surface area contributed by atoms with Gasteiger partial charge in [-0.3, -0.25) is 4.79 Å². The molecule has 6 nitrogen and oxygen atoms in total. The number of hydrogen-bond acceptors (Lipinski definition) is 6. The van der Waals surface area contributed by atoms with Crippen LogP contribution in [0.3, 0.4) is 0 Å². The van der Waals surface area contributed by atoms with Crippen molar-refractivity contribution in [1.82, 2.24) is 10.3 Å². The molecular weight excluding hydrogens is 476 g/mol. The first-order chi connectivity index (χ1) is 18.2. The predicted molar refractivity (Wildman–Crippen MR) is 149 cm³/mol. The zero-order valence-corrected chi connectivity index (χ0v) is 22.8. The van der Waals surface area contributed by atoms with Crippen LogP contribution < -0.4 is 14.8 Å². The van der Waals surface area contributed by atoms with Gasteiger partial charge in [0, 0.05) is 29.5 Å². The van der Waals surface area contributed by atoms with Crippen LogP contribution >= 0.6 is 0 Å². The lowest BCUT2D eigenvalue weighted by Gasteiger charge is -2.28. The lowest BCUT2D eigenvalue weighted by molar-refractivity contribution is 0.0396. The first-order valence-electron chi connectivity index (χ1n) is 13.6. The van der Waals surface area contributed by atoms with Gasteiger partial charge < -0.3 is 19.9 Å². The van der Waals surface area contributed by atoms with Crippen molar-refractivity contribution in [3.63, 3.8) is 0 Å². The number of nitrogens with one attached hydrogen (secondary N) is 1. The molecule has 6 heteroatoms. The molecular formula is C32H38N2O4. The molecule has 2 fully saturated rings. The maximum Gasteiger partial charge on any atom is 0.163 e. The number of Topliss-reactive ketones (excluding diaryl/α,β-unsaturated/α-hetero) is 1. The fraction of sp³-hybridized carbons (Fsp3) is 0.438. The summed E-state index contributed by atoms with van der Waals surface area (Å²) in [6.45, 7) is 7.93. The minimum atomic E-state index is -1.27. The van der Waals surface area contributed by atoms with Crippen LogP contribution in [0.25, 0.3) is 11.3 Å². The first-order valence-corrected chi connectivity index (χ1v) is 13.6. The van der Waals surface area contributed by atoms with E-state index in [2.05, 4.69) is 49.5 Å². The van der Waals surface area contributed by atoms with Gasteiger partial charge in [-0.05, 0) is 82.0 Å². The molecule has 38 heavy (non-hydrogen) atoms. The standard InChI is InChI=1S/C32H38N2O4/c1-21-5-7-22(8-6-21)26-18-24(31(2)15-16-33-20-31)19-30(34-26)32(3,36)14-13-27(35)23-9-12-28(29(17-23)37-4)38-25-10-11-25/h5-9,12,17-19,25,33,36H,10-11,13-16,20H2,1-4H3. The third-order valence-corrected chi connectivity index (χ3v) is 7.93. The van der Waals surface area contributed by atoms with Crippen molar-refractivity contribution < 1.29 is 19.4 Å². The normalized spacial score (nSPS) is 20.7. The van der Waals surface area contributed by atoms with E-state index in [1.807, 2.05) is 6.07 Å². The molecule has 1 aliphatic heterocycles. The number of ketones is 1. The number of carbonyl (C=O) groups excluding carboxylic acids is 1. The zero-order chi connectivity index (χ0) is 26.9. The van der Waals surface area contributed by atoms with Crippen molar-refractivity contribution in [2.75, 3.05) is 20.2 Å². The topological polar surface area (TPSA) is 80.7 Å². The number of hydrogen-bond donors (Lipinski definition) is 2. The first kappa shape index (κ1) is 26.4. The largest absolute Gasteiger partial charge is 0.493 e. The van der Waals surface area contributed by atoms with Crippen molar-refractivity contribution in [3.8, 4) is 22.8 Å². The third kappa shape index (κ3) is 5.77. The van der Waals surface area contributed by atoms with E-state index in [1.54, 1.807) is 32.2 Å². The molecule has 3 aromatic rings. The van der Waals surface area contributed by atoms with Crippen LogP contribution in [0.5, 0.6) is 11.5 Å². The molecule has 0 radical (unpaired) electrons. The Hall–Kier alpha value is -3.22. The number of rotatable bonds is 10. The summed E-state index contributed by atoms with van der Waals surface area (Å²) in [6.07, 6.45) is 3.81. The molecule has 2 N–H and O–H groups in total. The van der Waals surface area contributed by atoms with E-state index in [9.17, 15) is 9.90 Å². The van der Waals surface area contributed by atoms with Gasteiger partial charge >= 0.3 is 0 Å². The van der Waals surface area contributed by atoms with Crippen LogP contribution in [0.2, 0.25) is 0 Å². The van der Waals surface area contributed by atoms with Gasteiger partial charge in [-0.25, -0.2) is 4.98 Å². The van der Waals surface area contributed by atoms with Gasteiger partial charge in [0.05, 0.1) is 24.6 Å². The molecule has 0 amide bonds. The predicted octanol–water partition coefficient (Wildman–Crippen LogP) is 5.73. The van der Waals surface area contributed by atoms with Gasteiger partial charge in [0.1, 0.15) is 5.60 Å². The van der Waals surface area contributed by atoms with Crippen molar-refractivity contribution in [3.05, 3.63) is 77.0 Å². The number of methoxy groups -OCH3 is 1. The van der Waals surface area contributed by atoms with Gasteiger partial charge in [-0.2, -0.15) is 0 Å². The third-order valence-electron chi connectivity index (χ3n) is 7.93. The highest BCUT2D eigenvalue weighted by atomic mass is 16.5. The molecule has 1 saturated heterocycles. The van der Waals surface area contributed by atoms with E-state index < -0.39 is 5.60 Å². The summed E-state index contributed by atoms with van der Waals surface area (Å²) in [5.41, 5.74) is 4.03. The highest BCUT2D eigenvalue weighted by Gasteiger charge is 2.34. The molecule has 2 unspecified atom stereocenters. The molecule has 2 aromatic carbocycles. The fourth-order valence-corrected chi connectivity index (χ4v) is 5.02. The average Bonchev–Trinajstić information content (AvgIpc) is 3.63. The van der Waals surface area contributed by atoms with E-state index >= 15 is 0 Å². The molecule has 0 bridgehead atoms. The van der Waals surface area contributed by atoms with E-state index in [4.69, 9.17) is 14.5 Å². The Bertz CT molecular complexity index is 1310. The zero-order valence-electron chi connectivity index (χ0n) is 22.8. The van der Waals surface area contributed by atoms with Crippen molar-refractivity contribution in [2.45, 2.75) is 70.0 Å². The minimum Gasteiger partial charge on any atom is -0.493 e. The van der Waals surface area contributed by atoms with Crippen LogP contribution in [0.15, 0.2) is 54.6 Å². The summed E-state index contributed by atoms with van der Waals surface area (Å²) < 4.78 is 11.4. The van der Waals surface area contributed by atoms with E-state index in [-0.39, 0.29) is 30.1 Å². The molecule has 1 aliphatic carbocycles. The molecule has 5 rings (SSSR count). The highest BCUT2D eigenvalue weighted by molar-refractivity contribution is 5.96. The van der Waals surface area contributed by atoms with E-state index in [0.717, 1.165) is 49.2 Å². The number of carbonyl (C=O) groups is 1. The van der Waals surface area contributed by atoms with Gasteiger partial charge in [-0.1, -0.05) is 36.8 Å². The Morgan fingerprint density at radius 3 is 2.55 bits per heavy atom. The van der Waals surface area contributed by atoms with Gasteiger partial charge in [0.25, 0.3) is 0 Å². The number of pyridine rings is 1. The lowest BCUT2D eigenvalue weighted by Crippen LogP contribution is -2.28. The summed E-state index contributed by atoms with van der Waals surface area (Å²) in [5.74, 6) is 1.17. The van der Waals surface area contributed by atoms with Crippen molar-refractivity contribution >= 4 is 5.78 Å². The molecule has 1 aromatic heterocycles. The van der Waals surface area contributed by atoms with E-state index in [0.29, 0.717) is 22.8 Å². The summed E-state index contributed by atoms with van der Waals surface area (Å²) in [6, 6.07) is 17.8. The second kappa shape index (κ2) is 10.5. The maximum absolute atomic E-state index is 13.1. The molecule has 0 spiro atoms. The summed E-state index contributed by atoms with van der Waals surface area (Å²) >= 11 is 0. The summed E-state index contributed by atoms with van der Waals surface area (Å²) in [7, 11) is 1.58. The Morgan fingerprint density at radius 2 is 1.89 bits per heavy atom. The Labute approximate surface area is 225 Å². The van der Waals surface area contributed by atoms with Crippen LogP contribution in [-0.2, 0) is 11.0 Å². The quantitative estimate of drug-likeness (QED) is 0.337. The maximum atomic E-state index is 13.1. The highest BCUT2D eigenvalue weighted by Crippen LogP contribution is 2.37. The van der Waals surface area contributed by atoms with Crippen LogP contribution in [0.4, 0.5) is 0 Å². The molecule has 200 valence electrons. The SMILES string of the molecule is COc1cc(C(=O)CCC(C)(O)c2cc(C3(C)CCNC3)cc(-c3ccc(C)cc3)n2)ccc1OC1CC1. The monoisotopic (exact) mass is 514 g/mol. The Balaban J connectivity index is 1.39. The number of ether oxygens (including phenoxy) is 2. The number of aryl methyl sites for hydroxylation is 1. The molecule has 2 atom stereocenters. The second-order valence-corrected chi connectivity index (χ2v) is 11.4. The summed E-state index contributed by atoms with van der Waals surface area (Å²) in [5, 5.41) is 15.1. The van der Waals surface area contributed by atoms with Gasteiger partial charge in [0.2, 0.25) is 0 Å². The number of benzene rings is 2. The van der Waals surface area contributed by atoms with E-state index in [1.165, 1.54) is 5.56 Å². The van der Waals surface area contributed by atoms with Gasteiger partial charge in [-0.15, -0.1) is 0 Å². The lowest BCUT2D eigenvalue weighted by atomic mass is 9.80. The van der Waals surface area contributed by atoms with Crippen LogP contribution in [0, 0.1) is 6.92 Å². The Morgan fingerprint density at radius 1 is 1.13 bits per heavy atom. The van der Waals surface area contributed by atoms with Crippen molar-refractivity contribution in [2.24, 2.45) is 0 Å². The number of nitrogens with zero attached hydrogens (tertiary/aromatic N) is 1.